The largest absolute Gasteiger partial charge is 2.00 e. The molecule has 0 aliphatic heterocycles. The van der Waals surface area contributed by atoms with Crippen molar-refractivity contribution in [1.82, 2.24) is 0 Å². The summed E-state index contributed by atoms with van der Waals surface area (Å²) in [6.07, 6.45) is 17.6. The summed E-state index contributed by atoms with van der Waals surface area (Å²) in [7, 11) is -21.2. The fourth-order valence-electron chi connectivity index (χ4n) is 13.2. The molecule has 2 aliphatic rings. The smallest absolute Gasteiger partial charge is 1.00 e. The molecule has 0 bridgehead atoms. The van der Waals surface area contributed by atoms with Crippen LogP contribution in [-0.2, 0) is 39.0 Å². The minimum absolute atomic E-state index is 0. The van der Waals surface area contributed by atoms with Crippen molar-refractivity contribution in [2.24, 2.45) is 20.0 Å². The van der Waals surface area contributed by atoms with Gasteiger partial charge in [0.1, 0.15) is 0 Å². The average molecular weight is 2320 g/mol. The van der Waals surface area contributed by atoms with Crippen molar-refractivity contribution < 1.29 is 145 Å². The van der Waals surface area contributed by atoms with Gasteiger partial charge in [0.25, 0.3) is 20.1 Å². The van der Waals surface area contributed by atoms with Crippen LogP contribution in [0.5, 0.6) is 0 Å². The van der Waals surface area contributed by atoms with Gasteiger partial charge >= 0.3 is 105 Å². The van der Waals surface area contributed by atoms with Crippen LogP contribution in [0, 0.1) is 28.7 Å². The quantitative estimate of drug-likeness (QED) is 0.0170. The summed E-state index contributed by atoms with van der Waals surface area (Å²) in [5.41, 5.74) is 4.80. The van der Waals surface area contributed by atoms with E-state index >= 15 is 0 Å². The second kappa shape index (κ2) is 59.1. The molecule has 4 N–H and O–H groups in total. The molecule has 0 unspecified atom stereocenters. The van der Waals surface area contributed by atoms with Crippen molar-refractivity contribution in [3.63, 3.8) is 0 Å². The summed E-state index contributed by atoms with van der Waals surface area (Å²) >= 11 is 39.8. The number of alkyl halides is 4. The van der Waals surface area contributed by atoms with E-state index < -0.39 is 47.3 Å². The molecule has 12 aromatic carbocycles. The van der Waals surface area contributed by atoms with E-state index in [1.165, 1.54) is 132 Å². The topological polar surface area (TPSA) is 112 Å². The Bertz CT molecular complexity index is 4490. The summed E-state index contributed by atoms with van der Waals surface area (Å²) in [5.74, 6) is 0. The van der Waals surface area contributed by atoms with Gasteiger partial charge in [0.15, 0.2) is 0 Å². The predicted octanol–water partition coefficient (Wildman–Crippen LogP) is 21.0. The summed E-state index contributed by atoms with van der Waals surface area (Å²) in [6.45, 7) is 0. The third-order valence-corrected chi connectivity index (χ3v) is 31.1. The zero-order valence-corrected chi connectivity index (χ0v) is 86.2. The molecule has 130 heavy (non-hydrogen) atoms. The molecule has 6 nitrogen and oxygen atoms in total. The van der Waals surface area contributed by atoms with E-state index in [-0.39, 0.29) is 118 Å². The third-order valence-electron chi connectivity index (χ3n) is 18.0. The maximum absolute atomic E-state index is 10.7. The van der Waals surface area contributed by atoms with E-state index in [0.717, 1.165) is 25.7 Å². The number of hydrogen-bond acceptors (Lipinski definition) is 4. The molecule has 0 saturated heterocycles. The minimum atomic E-state index is -10.7. The fourth-order valence-corrected chi connectivity index (χ4v) is 24.3. The summed E-state index contributed by atoms with van der Waals surface area (Å²) in [4.78, 5) is 21.2. The van der Waals surface area contributed by atoms with Gasteiger partial charge in [-0.25, -0.2) is 0 Å². The van der Waals surface area contributed by atoms with Crippen LogP contribution >= 0.6 is 140 Å². The molecule has 2 saturated carbocycles. The minimum Gasteiger partial charge on any atom is -1.00 e. The van der Waals surface area contributed by atoms with Gasteiger partial charge in [0, 0.05) is 47.1 Å². The summed E-state index contributed by atoms with van der Waals surface area (Å²) in [5, 5.41) is 16.6. The van der Waals surface area contributed by atoms with Crippen molar-refractivity contribution in [2.45, 2.75) is 75.5 Å². The maximum atomic E-state index is 9.87. The molecule has 0 aromatic heterocycles. The van der Waals surface area contributed by atoms with Crippen molar-refractivity contribution in [2.75, 3.05) is 10.7 Å². The first-order valence-corrected chi connectivity index (χ1v) is 53.1. The Balaban J connectivity index is 0.000000657. The van der Waals surface area contributed by atoms with Crippen LogP contribution in [0.25, 0.3) is 0 Å². The summed E-state index contributed by atoms with van der Waals surface area (Å²) < 4.78 is 119. The Labute approximate surface area is 842 Å². The standard InChI is InChI=1S/2C44H40N2P2.C2Cl6.2CH2Cl2.2ClH.2F6P.2H2O.2Ru/c2*1-5-21-37(22-6-1)47(38-23-7-2-8-24-38)43-31-17-13-19-35(43)33-45-41-29-15-16-30-42(41)46-34-36-20-14-18-32-44(36)48(39-25-9-3-10-26-39)40-27-11-4-12-28-40;3-1(4)7-8-2(5)6;2*2-1-3;;;2*1-7(2,3,4,5)6;;;;/h2*1-14,17-28,31-34,41-42H,15-16,29-30H2;;2*1H2;2*1H;;;2*1H2;;/q;;;;;;;2*-1;;;2*+2/p-2/t2*41-,42-;;;;;;;;;;;/m10.........../s1. The van der Waals surface area contributed by atoms with Crippen molar-refractivity contribution in [3.8, 4) is 0 Å². The normalized spacial score (nSPS) is 15.7. The Kier molecular flexibility index (Phi) is 55.4. The van der Waals surface area contributed by atoms with E-state index in [1.54, 1.807) is 0 Å². The van der Waals surface area contributed by atoms with Gasteiger partial charge in [0.05, 0.1) is 34.8 Å². The molecule has 12 aromatic rings. The van der Waals surface area contributed by atoms with Crippen molar-refractivity contribution in [1.29, 1.82) is 0 Å². The first-order valence-electron chi connectivity index (χ1n) is 38.2. The first kappa shape index (κ1) is 122. The molecular formula is C92H88Cl12F12N4O2P6Ru2. The van der Waals surface area contributed by atoms with Crippen molar-refractivity contribution >= 4 is 229 Å². The van der Waals surface area contributed by atoms with Crippen LogP contribution in [0.2, 0.25) is 0 Å². The Morgan fingerprint density at radius 2 is 0.385 bits per heavy atom. The van der Waals surface area contributed by atoms with Crippen LogP contribution in [0.4, 0.5) is 50.4 Å². The van der Waals surface area contributed by atoms with E-state index in [1.807, 2.05) is 0 Å². The van der Waals surface area contributed by atoms with E-state index in [0.29, 0.717) is 0 Å². The van der Waals surface area contributed by atoms with Gasteiger partial charge in [0.2, 0.25) is 8.59 Å². The predicted molar refractivity (Wildman–Crippen MR) is 520 cm³/mol. The molecule has 38 heteroatoms. The average Bonchev–Trinajstić information content (AvgIpc) is 0.790. The molecule has 2 aliphatic carbocycles. The maximum Gasteiger partial charge on any atom is 2.00 e. The zero-order valence-electron chi connectivity index (χ0n) is 68.3. The number of aliphatic imine (C=N–C) groups is 4. The van der Waals surface area contributed by atoms with Crippen LogP contribution in [0.1, 0.15) is 73.6 Å². The van der Waals surface area contributed by atoms with E-state index in [9.17, 15) is 50.4 Å². The number of hydrogen-bond donors (Lipinski definition) is 0. The van der Waals surface area contributed by atoms with Crippen molar-refractivity contribution in [3.05, 3.63) is 371 Å². The van der Waals surface area contributed by atoms with Gasteiger partial charge in [-0.15, -0.1) is 46.4 Å². The third kappa shape index (κ3) is 47.2. The van der Waals surface area contributed by atoms with Gasteiger partial charge in [-0.05, 0) is 121 Å². The van der Waals surface area contributed by atoms with Crippen LogP contribution < -0.4 is 88.5 Å². The number of halogens is 24. The van der Waals surface area contributed by atoms with E-state index in [2.05, 4.69) is 365 Å². The number of nitrogens with zero attached hydrogens (tertiary/aromatic N) is 4. The fraction of sp³-hybridized carbons (Fsp3) is 0.152. The van der Waals surface area contributed by atoms with Crippen LogP contribution in [-0.4, -0.2) is 70.7 Å². The van der Waals surface area contributed by atoms with Gasteiger partial charge < -0.3 is 35.8 Å². The molecule has 4 atom stereocenters. The Morgan fingerprint density at radius 1 is 0.262 bits per heavy atom. The first-order chi connectivity index (χ1) is 59.1. The molecule has 0 heterocycles. The van der Waals surface area contributed by atoms with Crippen LogP contribution in [0.15, 0.2) is 360 Å². The summed E-state index contributed by atoms with van der Waals surface area (Å²) in [6, 6.07) is 123. The van der Waals surface area contributed by atoms with Gasteiger partial charge in [-0.3, -0.25) is 66.4 Å². The zero-order chi connectivity index (χ0) is 89.6. The number of rotatable bonds is 21. The monoisotopic (exact) mass is 2320 g/mol. The molecule has 0 spiro atoms. The number of benzene rings is 12. The molecule has 14 rings (SSSR count). The molecule has 0 radical (unpaired) electrons. The molecule has 702 valence electrons. The molecule has 0 amide bonds. The Hall–Kier alpha value is -4.29. The Morgan fingerprint density at radius 3 is 0.515 bits per heavy atom. The van der Waals surface area contributed by atoms with Gasteiger partial charge in [-0.1, -0.05) is 365 Å². The second-order valence-electron chi connectivity index (χ2n) is 26.9. The van der Waals surface area contributed by atoms with Crippen LogP contribution in [0.3, 0.4) is 0 Å². The molecular weight excluding hydrogens is 2230 g/mol. The SMILES string of the molecule is C(=N[C@@H]1CCCC[C@H]1N=Cc1ccccc1P(c1ccccc1)c1ccccc1)c1ccccc1P(c1ccccc1)c1ccccc1.C(=N[C@H]1CCCC[C@@H]1N=Cc1ccccc1P(c1ccccc1)c1ccccc1)c1ccccc1P(c1ccccc1)c1ccccc1.ClCCl.ClCCl.Cl[C-](Cl)[Cl+][Cl+][C-](Cl)Cl.F[P-](F)(F)(F)(F)F.F[P-](F)(F)(F)(F)F.O.O.[Cl-].[Cl-].[Ru+2].[Ru+2]. The second-order valence-corrected chi connectivity index (χ2v) is 45.7. The van der Waals surface area contributed by atoms with E-state index in [4.69, 9.17) is 113 Å². The molecule has 2 fully saturated rings. The van der Waals surface area contributed by atoms with Gasteiger partial charge in [-0.2, -0.15) is 0 Å².